The van der Waals surface area contributed by atoms with Crippen LogP contribution in [0.25, 0.3) is 0 Å². The second-order valence-electron chi connectivity index (χ2n) is 4.33. The van der Waals surface area contributed by atoms with Crippen LogP contribution in [0.3, 0.4) is 0 Å². The summed E-state index contributed by atoms with van der Waals surface area (Å²) in [6, 6.07) is 2.42. The third-order valence-electron chi connectivity index (χ3n) is 3.12. The fourth-order valence-electron chi connectivity index (χ4n) is 1.94. The van der Waals surface area contributed by atoms with E-state index in [-0.39, 0.29) is 0 Å². The molecule has 2 N–H and O–H groups in total. The van der Waals surface area contributed by atoms with Gasteiger partial charge in [0, 0.05) is 32.7 Å². The summed E-state index contributed by atoms with van der Waals surface area (Å²) in [6.45, 7) is 2.06. The maximum atomic E-state index is 5.26. The van der Waals surface area contributed by atoms with Gasteiger partial charge in [0.1, 0.15) is 17.5 Å². The second kappa shape index (κ2) is 5.31. The van der Waals surface area contributed by atoms with Crippen LogP contribution < -0.4 is 10.6 Å². The molecule has 17 heavy (non-hydrogen) atoms. The number of ether oxygens (including phenoxy) is 1. The van der Waals surface area contributed by atoms with E-state index in [1.807, 2.05) is 13.1 Å². The fraction of sp³-hybridized carbons (Fsp3) is 0.667. The highest BCUT2D eigenvalue weighted by Crippen LogP contribution is 2.26. The highest BCUT2D eigenvalue weighted by Gasteiger charge is 2.29. The van der Waals surface area contributed by atoms with Crippen molar-refractivity contribution in [2.24, 2.45) is 0 Å². The number of methoxy groups -OCH3 is 1. The molecular weight excluding hydrogens is 216 g/mol. The number of anilines is 2. The van der Waals surface area contributed by atoms with Crippen molar-refractivity contribution in [3.05, 3.63) is 11.9 Å². The Morgan fingerprint density at radius 3 is 2.65 bits per heavy atom. The van der Waals surface area contributed by atoms with E-state index in [9.17, 15) is 0 Å². The summed E-state index contributed by atoms with van der Waals surface area (Å²) < 4.78 is 5.26. The lowest BCUT2D eigenvalue weighted by atomic mass is 9.89. The first-order valence-corrected chi connectivity index (χ1v) is 6.10. The minimum atomic E-state index is 0.406. The molecule has 5 nitrogen and oxygen atoms in total. The zero-order valence-corrected chi connectivity index (χ0v) is 10.7. The Labute approximate surface area is 102 Å². The SMILES string of the molecule is CCc1nc(NC)cc(NC2CC(OC)C2)n1. The van der Waals surface area contributed by atoms with Gasteiger partial charge in [-0.15, -0.1) is 0 Å². The van der Waals surface area contributed by atoms with Crippen molar-refractivity contribution in [2.45, 2.75) is 38.3 Å². The third kappa shape index (κ3) is 2.85. The molecule has 2 rings (SSSR count). The van der Waals surface area contributed by atoms with Gasteiger partial charge in [0.15, 0.2) is 0 Å². The highest BCUT2D eigenvalue weighted by molar-refractivity contribution is 5.48. The standard InChI is InChI=1S/C12H20N4O/c1-4-10-15-11(13-2)7-12(16-10)14-8-5-9(6-8)17-3/h7-9H,4-6H2,1-3H3,(H2,13,14,15,16). The van der Waals surface area contributed by atoms with Gasteiger partial charge in [0.25, 0.3) is 0 Å². The second-order valence-corrected chi connectivity index (χ2v) is 4.33. The largest absolute Gasteiger partial charge is 0.381 e. The first-order chi connectivity index (χ1) is 8.25. The summed E-state index contributed by atoms with van der Waals surface area (Å²) >= 11 is 0. The Bertz CT molecular complexity index is 355. The van der Waals surface area contributed by atoms with Crippen molar-refractivity contribution in [2.75, 3.05) is 24.8 Å². The van der Waals surface area contributed by atoms with Crippen molar-refractivity contribution < 1.29 is 4.74 Å². The Hall–Kier alpha value is -1.36. The topological polar surface area (TPSA) is 59.1 Å². The molecule has 94 valence electrons. The van der Waals surface area contributed by atoms with Gasteiger partial charge in [-0.3, -0.25) is 0 Å². The Balaban J connectivity index is 2.00. The summed E-state index contributed by atoms with van der Waals surface area (Å²) in [7, 11) is 3.63. The summed E-state index contributed by atoms with van der Waals surface area (Å²) in [6.07, 6.45) is 3.35. The van der Waals surface area contributed by atoms with Crippen LogP contribution in [0.15, 0.2) is 6.07 Å². The van der Waals surface area contributed by atoms with E-state index in [1.165, 1.54) is 0 Å². The number of aromatic nitrogens is 2. The molecule has 1 aromatic rings. The van der Waals surface area contributed by atoms with Gasteiger partial charge in [0.05, 0.1) is 6.10 Å². The molecule has 1 heterocycles. The van der Waals surface area contributed by atoms with Gasteiger partial charge in [-0.2, -0.15) is 0 Å². The lowest BCUT2D eigenvalue weighted by Gasteiger charge is -2.35. The monoisotopic (exact) mass is 236 g/mol. The molecule has 1 aliphatic carbocycles. The van der Waals surface area contributed by atoms with Crippen LogP contribution in [0.1, 0.15) is 25.6 Å². The van der Waals surface area contributed by atoms with E-state index in [1.54, 1.807) is 7.11 Å². The van der Waals surface area contributed by atoms with E-state index in [0.717, 1.165) is 36.7 Å². The van der Waals surface area contributed by atoms with E-state index >= 15 is 0 Å². The van der Waals surface area contributed by atoms with E-state index in [4.69, 9.17) is 4.74 Å². The maximum Gasteiger partial charge on any atom is 0.132 e. The van der Waals surface area contributed by atoms with Crippen LogP contribution in [0.2, 0.25) is 0 Å². The van der Waals surface area contributed by atoms with Crippen molar-refractivity contribution in [1.82, 2.24) is 9.97 Å². The maximum absolute atomic E-state index is 5.26. The summed E-state index contributed by atoms with van der Waals surface area (Å²) in [5.41, 5.74) is 0. The van der Waals surface area contributed by atoms with E-state index < -0.39 is 0 Å². The molecule has 1 aliphatic rings. The molecule has 1 fully saturated rings. The van der Waals surface area contributed by atoms with Gasteiger partial charge in [-0.05, 0) is 12.8 Å². The summed E-state index contributed by atoms with van der Waals surface area (Å²) in [4.78, 5) is 8.84. The molecule has 0 bridgehead atoms. The number of hydrogen-bond acceptors (Lipinski definition) is 5. The number of aryl methyl sites for hydroxylation is 1. The van der Waals surface area contributed by atoms with Gasteiger partial charge < -0.3 is 15.4 Å². The lowest BCUT2D eigenvalue weighted by molar-refractivity contribution is 0.0328. The molecule has 5 heteroatoms. The Morgan fingerprint density at radius 2 is 2.06 bits per heavy atom. The fourth-order valence-corrected chi connectivity index (χ4v) is 1.94. The average Bonchev–Trinajstić information content (AvgIpc) is 2.32. The molecule has 0 unspecified atom stereocenters. The van der Waals surface area contributed by atoms with Crippen LogP contribution in [-0.2, 0) is 11.2 Å². The summed E-state index contributed by atoms with van der Waals surface area (Å²) in [5, 5.41) is 6.48. The first-order valence-electron chi connectivity index (χ1n) is 6.10. The summed E-state index contributed by atoms with van der Waals surface area (Å²) in [5.74, 6) is 2.63. The molecule has 0 aromatic carbocycles. The molecule has 1 aromatic heterocycles. The van der Waals surface area contributed by atoms with Crippen molar-refractivity contribution >= 4 is 11.6 Å². The normalized spacial score (nSPS) is 23.0. The molecular formula is C12H20N4O. The zero-order valence-electron chi connectivity index (χ0n) is 10.7. The predicted octanol–water partition coefficient (Wildman–Crippen LogP) is 1.67. The zero-order chi connectivity index (χ0) is 12.3. The van der Waals surface area contributed by atoms with Crippen LogP contribution in [0.4, 0.5) is 11.6 Å². The third-order valence-corrected chi connectivity index (χ3v) is 3.12. The Kier molecular flexibility index (Phi) is 3.78. The molecule has 0 aliphatic heterocycles. The average molecular weight is 236 g/mol. The van der Waals surface area contributed by atoms with Crippen molar-refractivity contribution in [3.8, 4) is 0 Å². The van der Waals surface area contributed by atoms with Crippen molar-refractivity contribution in [1.29, 1.82) is 0 Å². The molecule has 0 saturated heterocycles. The van der Waals surface area contributed by atoms with E-state index in [2.05, 4.69) is 27.5 Å². The van der Waals surface area contributed by atoms with E-state index in [0.29, 0.717) is 12.1 Å². The van der Waals surface area contributed by atoms with Crippen LogP contribution in [-0.4, -0.2) is 36.3 Å². The minimum absolute atomic E-state index is 0.406. The van der Waals surface area contributed by atoms with Gasteiger partial charge in [-0.25, -0.2) is 9.97 Å². The van der Waals surface area contributed by atoms with Crippen LogP contribution in [0.5, 0.6) is 0 Å². The van der Waals surface area contributed by atoms with Crippen molar-refractivity contribution in [3.63, 3.8) is 0 Å². The highest BCUT2D eigenvalue weighted by atomic mass is 16.5. The number of nitrogens with one attached hydrogen (secondary N) is 2. The first kappa shape index (κ1) is 12.1. The number of hydrogen-bond donors (Lipinski definition) is 2. The van der Waals surface area contributed by atoms with Crippen LogP contribution >= 0.6 is 0 Å². The van der Waals surface area contributed by atoms with Crippen LogP contribution in [0, 0.1) is 0 Å². The lowest BCUT2D eigenvalue weighted by Crippen LogP contribution is -2.40. The quantitative estimate of drug-likeness (QED) is 0.814. The Morgan fingerprint density at radius 1 is 1.35 bits per heavy atom. The van der Waals surface area contributed by atoms with Gasteiger partial charge in [-0.1, -0.05) is 6.92 Å². The minimum Gasteiger partial charge on any atom is -0.381 e. The van der Waals surface area contributed by atoms with Gasteiger partial charge in [0.2, 0.25) is 0 Å². The molecule has 0 amide bonds. The molecule has 1 saturated carbocycles. The predicted molar refractivity (Wildman–Crippen MR) is 68.4 cm³/mol. The molecule has 0 radical (unpaired) electrons. The smallest absolute Gasteiger partial charge is 0.132 e. The number of rotatable bonds is 5. The molecule has 0 spiro atoms. The molecule has 0 atom stereocenters. The number of nitrogens with zero attached hydrogens (tertiary/aromatic N) is 2. The van der Waals surface area contributed by atoms with Gasteiger partial charge >= 0.3 is 0 Å².